The lowest BCUT2D eigenvalue weighted by molar-refractivity contribution is -0.122. The fourth-order valence-electron chi connectivity index (χ4n) is 3.95. The van der Waals surface area contributed by atoms with Crippen LogP contribution >= 0.6 is 11.3 Å². The van der Waals surface area contributed by atoms with Gasteiger partial charge in [0.15, 0.2) is 5.13 Å². The Morgan fingerprint density at radius 3 is 2.50 bits per heavy atom. The number of nitrogens with zero attached hydrogens (tertiary/aromatic N) is 3. The van der Waals surface area contributed by atoms with Gasteiger partial charge in [0.2, 0.25) is 5.91 Å². The maximum absolute atomic E-state index is 13.2. The first kappa shape index (κ1) is 19.3. The molecule has 1 aromatic heterocycles. The monoisotopic (exact) mass is 373 g/mol. The van der Waals surface area contributed by atoms with Crippen LogP contribution in [0.2, 0.25) is 0 Å². The van der Waals surface area contributed by atoms with Gasteiger partial charge in [-0.15, -0.1) is 0 Å². The minimum Gasteiger partial charge on any atom is -0.302 e. The number of amides is 1. The molecule has 26 heavy (non-hydrogen) atoms. The Balaban J connectivity index is 1.91. The Kier molecular flexibility index (Phi) is 6.30. The number of hydrogen-bond donors (Lipinski definition) is 0. The molecule has 1 aliphatic carbocycles. The molecule has 1 saturated carbocycles. The molecular formula is C21H31N3OS. The Bertz CT molecular complexity index is 760. The van der Waals surface area contributed by atoms with Crippen molar-refractivity contribution >= 4 is 32.6 Å². The van der Waals surface area contributed by atoms with Gasteiger partial charge in [0.05, 0.1) is 10.2 Å². The molecule has 1 amide bonds. The topological polar surface area (TPSA) is 36.4 Å². The van der Waals surface area contributed by atoms with E-state index in [4.69, 9.17) is 4.98 Å². The average molecular weight is 374 g/mol. The summed E-state index contributed by atoms with van der Waals surface area (Å²) < 4.78 is 1.18. The molecule has 1 heterocycles. The molecule has 5 heteroatoms. The third-order valence-corrected chi connectivity index (χ3v) is 6.58. The first-order chi connectivity index (χ1) is 12.5. The molecule has 0 atom stereocenters. The highest BCUT2D eigenvalue weighted by Crippen LogP contribution is 2.34. The smallest absolute Gasteiger partial charge is 0.231 e. The van der Waals surface area contributed by atoms with Crippen molar-refractivity contribution in [3.63, 3.8) is 0 Å². The minimum atomic E-state index is 0.182. The fraction of sp³-hybridized carbons (Fsp3) is 0.619. The van der Waals surface area contributed by atoms with E-state index in [1.54, 1.807) is 11.3 Å². The van der Waals surface area contributed by atoms with Crippen LogP contribution in [0.5, 0.6) is 0 Å². The highest BCUT2D eigenvalue weighted by Gasteiger charge is 2.30. The molecule has 0 aliphatic heterocycles. The third-order valence-electron chi connectivity index (χ3n) is 5.55. The number of benzene rings is 1. The Morgan fingerprint density at radius 2 is 1.85 bits per heavy atom. The van der Waals surface area contributed by atoms with Crippen LogP contribution in [0.15, 0.2) is 12.1 Å². The summed E-state index contributed by atoms with van der Waals surface area (Å²) in [6.07, 6.45) is 4.42. The molecule has 2 aromatic rings. The van der Waals surface area contributed by atoms with E-state index in [9.17, 15) is 4.79 Å². The van der Waals surface area contributed by atoms with Crippen molar-refractivity contribution in [2.75, 3.05) is 31.1 Å². The third kappa shape index (κ3) is 4.09. The number of aryl methyl sites for hydroxylation is 2. The molecular weight excluding hydrogens is 342 g/mol. The first-order valence-corrected chi connectivity index (χ1v) is 10.8. The standard InChI is InChI=1S/C21H31N3OS/c1-5-23(6-2)11-12-24(20(25)17-9-7-8-10-17)21-22-19-16(4)13-15(3)14-18(19)26-21/h13-14,17H,5-12H2,1-4H3. The molecule has 0 N–H and O–H groups in total. The van der Waals surface area contributed by atoms with Crippen molar-refractivity contribution in [3.05, 3.63) is 23.3 Å². The zero-order chi connectivity index (χ0) is 18.7. The maximum Gasteiger partial charge on any atom is 0.231 e. The average Bonchev–Trinajstić information content (AvgIpc) is 3.28. The van der Waals surface area contributed by atoms with Crippen molar-refractivity contribution in [2.24, 2.45) is 5.92 Å². The molecule has 0 bridgehead atoms. The summed E-state index contributed by atoms with van der Waals surface area (Å²) in [6.45, 7) is 12.2. The van der Waals surface area contributed by atoms with E-state index >= 15 is 0 Å². The minimum absolute atomic E-state index is 0.182. The number of likely N-dealkylation sites (N-methyl/N-ethyl adjacent to an activating group) is 1. The van der Waals surface area contributed by atoms with Gasteiger partial charge in [-0.2, -0.15) is 0 Å². The lowest BCUT2D eigenvalue weighted by Gasteiger charge is -2.26. The van der Waals surface area contributed by atoms with Gasteiger partial charge in [-0.1, -0.05) is 44.1 Å². The van der Waals surface area contributed by atoms with Gasteiger partial charge in [-0.3, -0.25) is 9.69 Å². The number of aromatic nitrogens is 1. The van der Waals surface area contributed by atoms with Crippen molar-refractivity contribution in [1.82, 2.24) is 9.88 Å². The molecule has 1 aromatic carbocycles. The number of carbonyl (C=O) groups excluding carboxylic acids is 1. The van der Waals surface area contributed by atoms with Crippen LogP contribution < -0.4 is 4.90 Å². The summed E-state index contributed by atoms with van der Waals surface area (Å²) in [4.78, 5) is 22.5. The number of hydrogen-bond acceptors (Lipinski definition) is 4. The van der Waals surface area contributed by atoms with Gasteiger partial charge in [-0.05, 0) is 57.0 Å². The largest absolute Gasteiger partial charge is 0.302 e. The van der Waals surface area contributed by atoms with Crippen LogP contribution in [0, 0.1) is 19.8 Å². The summed E-state index contributed by atoms with van der Waals surface area (Å²) in [5.41, 5.74) is 3.49. The van der Waals surface area contributed by atoms with E-state index in [1.807, 2.05) is 4.90 Å². The second-order valence-corrected chi connectivity index (χ2v) is 8.43. The second kappa shape index (κ2) is 8.49. The van der Waals surface area contributed by atoms with E-state index in [-0.39, 0.29) is 11.8 Å². The Morgan fingerprint density at radius 1 is 1.15 bits per heavy atom. The van der Waals surface area contributed by atoms with Gasteiger partial charge >= 0.3 is 0 Å². The number of anilines is 1. The summed E-state index contributed by atoms with van der Waals surface area (Å²) in [5.74, 6) is 0.463. The van der Waals surface area contributed by atoms with E-state index in [0.717, 1.165) is 49.7 Å². The molecule has 0 unspecified atom stereocenters. The van der Waals surface area contributed by atoms with Gasteiger partial charge in [0.1, 0.15) is 0 Å². The van der Waals surface area contributed by atoms with Crippen molar-refractivity contribution in [3.8, 4) is 0 Å². The van der Waals surface area contributed by atoms with Gasteiger partial charge in [0.25, 0.3) is 0 Å². The van der Waals surface area contributed by atoms with Crippen LogP contribution in [-0.2, 0) is 4.79 Å². The number of rotatable bonds is 7. The van der Waals surface area contributed by atoms with E-state index in [0.29, 0.717) is 0 Å². The summed E-state index contributed by atoms with van der Waals surface area (Å²) >= 11 is 1.66. The molecule has 0 saturated heterocycles. The molecule has 4 nitrogen and oxygen atoms in total. The summed E-state index contributed by atoms with van der Waals surface area (Å²) in [7, 11) is 0. The molecule has 142 valence electrons. The number of fused-ring (bicyclic) bond motifs is 1. The van der Waals surface area contributed by atoms with Crippen LogP contribution in [-0.4, -0.2) is 42.0 Å². The zero-order valence-corrected chi connectivity index (χ0v) is 17.4. The summed E-state index contributed by atoms with van der Waals surface area (Å²) in [5, 5.41) is 0.873. The Labute approximate surface area is 161 Å². The van der Waals surface area contributed by atoms with E-state index in [2.05, 4.69) is 44.7 Å². The SMILES string of the molecule is CCN(CC)CCN(C(=O)C1CCCC1)c1nc2c(C)cc(C)cc2s1. The highest BCUT2D eigenvalue weighted by molar-refractivity contribution is 7.22. The van der Waals surface area contributed by atoms with Crippen LogP contribution in [0.1, 0.15) is 50.7 Å². The highest BCUT2D eigenvalue weighted by atomic mass is 32.1. The molecule has 0 radical (unpaired) electrons. The van der Waals surface area contributed by atoms with Crippen LogP contribution in [0.3, 0.4) is 0 Å². The number of thiazole rings is 1. The van der Waals surface area contributed by atoms with Gasteiger partial charge in [0, 0.05) is 19.0 Å². The lowest BCUT2D eigenvalue weighted by atomic mass is 10.1. The van der Waals surface area contributed by atoms with Crippen LogP contribution in [0.4, 0.5) is 5.13 Å². The zero-order valence-electron chi connectivity index (χ0n) is 16.5. The molecule has 3 rings (SSSR count). The van der Waals surface area contributed by atoms with Crippen LogP contribution in [0.25, 0.3) is 10.2 Å². The molecule has 1 fully saturated rings. The molecule has 1 aliphatic rings. The van der Waals surface area contributed by atoms with Crippen molar-refractivity contribution in [1.29, 1.82) is 0 Å². The molecule has 0 spiro atoms. The van der Waals surface area contributed by atoms with Gasteiger partial charge in [-0.25, -0.2) is 4.98 Å². The maximum atomic E-state index is 13.2. The normalized spacial score (nSPS) is 15.3. The quantitative estimate of drug-likeness (QED) is 0.701. The summed E-state index contributed by atoms with van der Waals surface area (Å²) in [6, 6.07) is 4.36. The van der Waals surface area contributed by atoms with Crippen molar-refractivity contribution in [2.45, 2.75) is 53.4 Å². The second-order valence-electron chi connectivity index (χ2n) is 7.42. The fourth-order valence-corrected chi connectivity index (χ4v) is 5.12. The predicted molar refractivity (Wildman–Crippen MR) is 111 cm³/mol. The predicted octanol–water partition coefficient (Wildman–Crippen LogP) is 4.78. The lowest BCUT2D eigenvalue weighted by Crippen LogP contribution is -2.41. The van der Waals surface area contributed by atoms with Gasteiger partial charge < -0.3 is 4.90 Å². The van der Waals surface area contributed by atoms with Crippen molar-refractivity contribution < 1.29 is 4.79 Å². The first-order valence-electron chi connectivity index (χ1n) is 9.95. The Hall–Kier alpha value is -1.46. The number of carbonyl (C=O) groups is 1. The van der Waals surface area contributed by atoms with E-state index in [1.165, 1.54) is 28.7 Å². The van der Waals surface area contributed by atoms with E-state index < -0.39 is 0 Å².